The van der Waals surface area contributed by atoms with Crippen LogP contribution in [-0.4, -0.2) is 60.7 Å². The lowest BCUT2D eigenvalue weighted by Gasteiger charge is -2.46. The van der Waals surface area contributed by atoms with Crippen molar-refractivity contribution >= 4 is 23.6 Å². The van der Waals surface area contributed by atoms with Gasteiger partial charge in [-0.2, -0.15) is 0 Å². The van der Waals surface area contributed by atoms with Crippen molar-refractivity contribution < 1.29 is 19.2 Å². The minimum Gasteiger partial charge on any atom is -0.355 e. The Labute approximate surface area is 187 Å². The smallest absolute Gasteiger partial charge is 0.239 e. The maximum atomic E-state index is 12.8. The van der Waals surface area contributed by atoms with Gasteiger partial charge < -0.3 is 16.0 Å². The van der Waals surface area contributed by atoms with Crippen molar-refractivity contribution in [1.29, 1.82) is 0 Å². The van der Waals surface area contributed by atoms with Gasteiger partial charge in [-0.3, -0.25) is 24.1 Å². The number of hydrogen-bond donors (Lipinski definition) is 3. The molecule has 1 rings (SSSR count). The van der Waals surface area contributed by atoms with E-state index in [1.54, 1.807) is 13.8 Å². The third-order valence-corrected chi connectivity index (χ3v) is 6.19. The molecule has 1 heterocycles. The first kappa shape index (κ1) is 27.1. The van der Waals surface area contributed by atoms with Crippen LogP contribution in [0, 0.1) is 10.8 Å². The van der Waals surface area contributed by atoms with E-state index >= 15 is 0 Å². The third-order valence-electron chi connectivity index (χ3n) is 6.19. The summed E-state index contributed by atoms with van der Waals surface area (Å²) in [6.07, 6.45) is 3.58. The normalized spacial score (nSPS) is 16.9. The van der Waals surface area contributed by atoms with Gasteiger partial charge in [-0.05, 0) is 58.5 Å². The number of hydrogen-bond acceptors (Lipinski definition) is 5. The largest absolute Gasteiger partial charge is 0.355 e. The lowest BCUT2D eigenvalue weighted by molar-refractivity contribution is -0.162. The molecule has 0 spiro atoms. The fourth-order valence-electron chi connectivity index (χ4n) is 4.37. The zero-order chi connectivity index (χ0) is 23.9. The Morgan fingerprint density at radius 3 is 2.06 bits per heavy atom. The van der Waals surface area contributed by atoms with Crippen LogP contribution in [0.5, 0.6) is 0 Å². The summed E-state index contributed by atoms with van der Waals surface area (Å²) < 4.78 is 0. The van der Waals surface area contributed by atoms with E-state index in [0.717, 1.165) is 25.8 Å². The maximum absolute atomic E-state index is 12.8. The van der Waals surface area contributed by atoms with Crippen molar-refractivity contribution in [3.8, 4) is 0 Å². The van der Waals surface area contributed by atoms with E-state index in [1.807, 2.05) is 34.7 Å². The molecule has 0 aromatic carbocycles. The number of nitrogens with one attached hydrogen (secondary N) is 3. The molecule has 0 aromatic rings. The van der Waals surface area contributed by atoms with E-state index in [-0.39, 0.29) is 35.6 Å². The van der Waals surface area contributed by atoms with E-state index < -0.39 is 11.0 Å². The van der Waals surface area contributed by atoms with Gasteiger partial charge in [0.25, 0.3) is 0 Å². The van der Waals surface area contributed by atoms with Crippen LogP contribution in [0.1, 0.15) is 80.1 Å². The second-order valence-electron chi connectivity index (χ2n) is 10.4. The first-order valence-electron chi connectivity index (χ1n) is 11.3. The number of likely N-dealkylation sites (tertiary alicyclic amines) is 1. The van der Waals surface area contributed by atoms with Gasteiger partial charge >= 0.3 is 0 Å². The molecule has 0 saturated carbocycles. The molecule has 0 unspecified atom stereocenters. The zero-order valence-corrected chi connectivity index (χ0v) is 20.4. The molecule has 31 heavy (non-hydrogen) atoms. The number of nitrogens with zero attached hydrogens (tertiary/aromatic N) is 1. The Morgan fingerprint density at radius 2 is 1.55 bits per heavy atom. The van der Waals surface area contributed by atoms with Crippen LogP contribution in [-0.2, 0) is 19.2 Å². The number of carbonyl (C=O) groups excluding carboxylic acids is 4. The zero-order valence-electron chi connectivity index (χ0n) is 20.4. The highest BCUT2D eigenvalue weighted by Crippen LogP contribution is 2.40. The number of carbonyl (C=O) groups is 4. The summed E-state index contributed by atoms with van der Waals surface area (Å²) in [5.41, 5.74) is -1.96. The molecule has 4 amide bonds. The second kappa shape index (κ2) is 11.1. The predicted octanol–water partition coefficient (Wildman–Crippen LogP) is 1.98. The third kappa shape index (κ3) is 7.91. The standard InChI is InChI=1S/C23H42N4O4/c1-8-23(6)13-18(29)27(19(30)14-23)22(4,5)16-21(2,3)20(31)26-15-17(28)25-12-10-9-11-24-7/h24H,8-16H2,1-7H3,(H,25,28)(H,26,31). The average molecular weight is 439 g/mol. The molecule has 3 N–H and O–H groups in total. The van der Waals surface area contributed by atoms with Crippen molar-refractivity contribution in [2.24, 2.45) is 10.8 Å². The molecule has 0 atom stereocenters. The van der Waals surface area contributed by atoms with Crippen molar-refractivity contribution in [1.82, 2.24) is 20.9 Å². The van der Waals surface area contributed by atoms with E-state index in [2.05, 4.69) is 16.0 Å². The minimum absolute atomic E-state index is 0.0921. The number of unbranched alkanes of at least 4 members (excludes halogenated alkanes) is 1. The molecule has 0 aromatic heterocycles. The molecule has 0 radical (unpaired) electrons. The Balaban J connectivity index is 2.64. The van der Waals surface area contributed by atoms with Crippen molar-refractivity contribution in [3.63, 3.8) is 0 Å². The number of imide groups is 1. The summed E-state index contributed by atoms with van der Waals surface area (Å²) in [6.45, 7) is 12.5. The van der Waals surface area contributed by atoms with Gasteiger partial charge in [-0.1, -0.05) is 27.7 Å². The number of rotatable bonds is 12. The minimum atomic E-state index is -0.858. The fraction of sp³-hybridized carbons (Fsp3) is 0.826. The van der Waals surface area contributed by atoms with Crippen molar-refractivity contribution in [3.05, 3.63) is 0 Å². The van der Waals surface area contributed by atoms with Crippen LogP contribution >= 0.6 is 0 Å². The van der Waals surface area contributed by atoms with Gasteiger partial charge in [0.15, 0.2) is 0 Å². The van der Waals surface area contributed by atoms with E-state index in [9.17, 15) is 19.2 Å². The fourth-order valence-corrected chi connectivity index (χ4v) is 4.37. The van der Waals surface area contributed by atoms with Crippen LogP contribution in [0.25, 0.3) is 0 Å². The SMILES string of the molecule is CCC1(C)CC(=O)N(C(C)(C)CC(C)(C)C(=O)NCC(=O)NCCCCNC)C(=O)C1. The Morgan fingerprint density at radius 1 is 1.00 bits per heavy atom. The van der Waals surface area contributed by atoms with E-state index in [0.29, 0.717) is 25.8 Å². The summed E-state index contributed by atoms with van der Waals surface area (Å²) in [6, 6.07) is 0. The quantitative estimate of drug-likeness (QED) is 0.319. The van der Waals surface area contributed by atoms with Crippen LogP contribution in [0.15, 0.2) is 0 Å². The molecule has 1 aliphatic rings. The first-order chi connectivity index (χ1) is 14.3. The monoisotopic (exact) mass is 438 g/mol. The van der Waals surface area contributed by atoms with Gasteiger partial charge in [-0.25, -0.2) is 0 Å². The first-order valence-corrected chi connectivity index (χ1v) is 11.3. The summed E-state index contributed by atoms with van der Waals surface area (Å²) in [5.74, 6) is -0.867. The van der Waals surface area contributed by atoms with Gasteiger partial charge in [0, 0.05) is 30.3 Å². The molecule has 8 nitrogen and oxygen atoms in total. The molecule has 8 heteroatoms. The highest BCUT2D eigenvalue weighted by atomic mass is 16.2. The maximum Gasteiger partial charge on any atom is 0.239 e. The van der Waals surface area contributed by atoms with Crippen LogP contribution in [0.2, 0.25) is 0 Å². The Kier molecular flexibility index (Phi) is 9.67. The molecule has 1 fully saturated rings. The molecular formula is C23H42N4O4. The topological polar surface area (TPSA) is 108 Å². The van der Waals surface area contributed by atoms with Gasteiger partial charge in [0.05, 0.1) is 6.54 Å². The van der Waals surface area contributed by atoms with Crippen molar-refractivity contribution in [2.75, 3.05) is 26.7 Å². The Bertz CT molecular complexity index is 654. The molecule has 1 aliphatic heterocycles. The lowest BCUT2D eigenvalue weighted by Crippen LogP contribution is -2.58. The van der Waals surface area contributed by atoms with Crippen molar-refractivity contribution in [2.45, 2.75) is 85.6 Å². The van der Waals surface area contributed by atoms with Gasteiger partial charge in [-0.15, -0.1) is 0 Å². The second-order valence-corrected chi connectivity index (χ2v) is 10.4. The van der Waals surface area contributed by atoms with Crippen LogP contribution in [0.4, 0.5) is 0 Å². The highest BCUT2D eigenvalue weighted by Gasteiger charge is 2.47. The molecular weight excluding hydrogens is 396 g/mol. The Hall–Kier alpha value is -1.96. The number of amides is 4. The van der Waals surface area contributed by atoms with Crippen LogP contribution in [0.3, 0.4) is 0 Å². The molecule has 0 bridgehead atoms. The summed E-state index contributed by atoms with van der Waals surface area (Å²) in [4.78, 5) is 51.7. The molecule has 0 aliphatic carbocycles. The average Bonchev–Trinajstić information content (AvgIpc) is 2.63. The lowest BCUT2D eigenvalue weighted by atomic mass is 9.73. The molecule has 178 valence electrons. The molecule has 1 saturated heterocycles. The highest BCUT2D eigenvalue weighted by molar-refractivity contribution is 5.99. The summed E-state index contributed by atoms with van der Waals surface area (Å²) in [5, 5.41) is 8.54. The predicted molar refractivity (Wildman–Crippen MR) is 121 cm³/mol. The summed E-state index contributed by atoms with van der Waals surface area (Å²) >= 11 is 0. The summed E-state index contributed by atoms with van der Waals surface area (Å²) in [7, 11) is 1.89. The van der Waals surface area contributed by atoms with E-state index in [4.69, 9.17) is 0 Å². The number of piperidine rings is 1. The van der Waals surface area contributed by atoms with Crippen LogP contribution < -0.4 is 16.0 Å². The van der Waals surface area contributed by atoms with E-state index in [1.165, 1.54) is 4.90 Å². The van der Waals surface area contributed by atoms with Gasteiger partial charge in [0.1, 0.15) is 0 Å². The van der Waals surface area contributed by atoms with Gasteiger partial charge in [0.2, 0.25) is 23.6 Å².